The van der Waals surface area contributed by atoms with E-state index in [1.54, 1.807) is 35.2 Å². The maximum absolute atomic E-state index is 16.1. The van der Waals surface area contributed by atoms with Crippen molar-refractivity contribution in [2.75, 3.05) is 62.2 Å². The molecule has 3 fully saturated rings. The van der Waals surface area contributed by atoms with Gasteiger partial charge in [0.05, 0.1) is 12.3 Å². The highest BCUT2D eigenvalue weighted by atomic mass is 19.1. The molecule has 10 nitrogen and oxygen atoms in total. The molecule has 0 saturated carbocycles. The molecule has 5 aliphatic heterocycles. The molecule has 0 aliphatic carbocycles. The van der Waals surface area contributed by atoms with Gasteiger partial charge in [-0.3, -0.25) is 24.6 Å². The Kier molecular flexibility index (Phi) is 9.60. The molecule has 3 atom stereocenters. The number of benzene rings is 4. The normalized spacial score (nSPS) is 23.1. The molecule has 5 aliphatic rings. The van der Waals surface area contributed by atoms with Crippen LogP contribution in [0, 0.1) is 17.6 Å². The van der Waals surface area contributed by atoms with E-state index in [1.165, 1.54) is 12.1 Å². The van der Waals surface area contributed by atoms with Gasteiger partial charge < -0.3 is 24.5 Å². The van der Waals surface area contributed by atoms with Crippen LogP contribution in [0.3, 0.4) is 0 Å². The van der Waals surface area contributed by atoms with Crippen molar-refractivity contribution in [3.63, 3.8) is 0 Å². The Hall–Kier alpha value is -5.49. The average molecular weight is 762 g/mol. The van der Waals surface area contributed by atoms with Gasteiger partial charge in [-0.2, -0.15) is 0 Å². The van der Waals surface area contributed by atoms with E-state index >= 15 is 4.39 Å². The average Bonchev–Trinajstić information content (AvgIpc) is 3.53. The second-order valence-corrected chi connectivity index (χ2v) is 15.8. The predicted octanol–water partition coefficient (Wildman–Crippen LogP) is 5.78. The number of rotatable bonds is 7. The van der Waals surface area contributed by atoms with Gasteiger partial charge in [0, 0.05) is 93.5 Å². The Balaban J connectivity index is 0.798. The van der Waals surface area contributed by atoms with Crippen LogP contribution in [0.2, 0.25) is 0 Å². The highest BCUT2D eigenvalue weighted by Gasteiger charge is 2.40. The predicted molar refractivity (Wildman–Crippen MR) is 207 cm³/mol. The highest BCUT2D eigenvalue weighted by molar-refractivity contribution is 6.05. The number of ether oxygens (including phenoxy) is 1. The monoisotopic (exact) mass is 761 g/mol. The first-order valence-corrected chi connectivity index (χ1v) is 19.7. The Morgan fingerprint density at radius 1 is 0.786 bits per heavy atom. The van der Waals surface area contributed by atoms with Crippen LogP contribution >= 0.6 is 0 Å². The molecule has 0 bridgehead atoms. The second-order valence-electron chi connectivity index (χ2n) is 15.8. The van der Waals surface area contributed by atoms with Crippen LogP contribution in [0.25, 0.3) is 0 Å². The molecule has 5 heterocycles. The Bertz CT molecular complexity index is 2170. The van der Waals surface area contributed by atoms with Crippen molar-refractivity contribution in [2.45, 2.75) is 50.1 Å². The first kappa shape index (κ1) is 36.2. The number of nitrogens with zero attached hydrogens (tertiary/aromatic N) is 4. The van der Waals surface area contributed by atoms with Crippen LogP contribution < -0.4 is 19.9 Å². The number of amides is 3. The molecule has 56 heavy (non-hydrogen) atoms. The van der Waals surface area contributed by atoms with Crippen LogP contribution in [0.4, 0.5) is 20.2 Å². The summed E-state index contributed by atoms with van der Waals surface area (Å²) in [6.07, 6.45) is 2.55. The van der Waals surface area contributed by atoms with Crippen LogP contribution in [0.1, 0.15) is 70.1 Å². The molecule has 2 N–H and O–H groups in total. The minimum atomic E-state index is -0.618. The van der Waals surface area contributed by atoms with Crippen LogP contribution in [0.15, 0.2) is 78.9 Å². The van der Waals surface area contributed by atoms with Gasteiger partial charge in [-0.25, -0.2) is 8.78 Å². The number of nitrogens with one attached hydrogen (secondary N) is 1. The Morgan fingerprint density at radius 2 is 1.55 bits per heavy atom. The molecule has 1 unspecified atom stereocenters. The van der Waals surface area contributed by atoms with Gasteiger partial charge in [0.15, 0.2) is 0 Å². The summed E-state index contributed by atoms with van der Waals surface area (Å²) in [6, 6.07) is 22.3. The van der Waals surface area contributed by atoms with E-state index in [-0.39, 0.29) is 47.5 Å². The number of phenols is 1. The minimum absolute atomic E-state index is 0.104. The van der Waals surface area contributed by atoms with Crippen molar-refractivity contribution >= 4 is 29.1 Å². The summed E-state index contributed by atoms with van der Waals surface area (Å²) >= 11 is 0. The fourth-order valence-corrected chi connectivity index (χ4v) is 9.45. The van der Waals surface area contributed by atoms with E-state index in [0.717, 1.165) is 86.6 Å². The van der Waals surface area contributed by atoms with Crippen molar-refractivity contribution in [1.29, 1.82) is 0 Å². The Labute approximate surface area is 324 Å². The number of imide groups is 1. The molecule has 4 aromatic rings. The number of hydrogen-bond acceptors (Lipinski definition) is 8. The SMILES string of the molecule is O=C1CC[C@H](N2Cc3cc(N4CCN(CC5CCN(c6ccc(C7c8ccc(O)cc8OC[C@@H]7c7ccc(F)cc7)cc6F)CC5)CC4)ccc3C2=O)C(=O)N1. The zero-order valence-corrected chi connectivity index (χ0v) is 31.1. The molecule has 0 radical (unpaired) electrons. The number of fused-ring (bicyclic) bond motifs is 2. The zero-order chi connectivity index (χ0) is 38.5. The lowest BCUT2D eigenvalue weighted by Gasteiger charge is -2.40. The van der Waals surface area contributed by atoms with Crippen molar-refractivity contribution in [1.82, 2.24) is 15.1 Å². The number of hydrogen-bond donors (Lipinski definition) is 2. The lowest BCUT2D eigenvalue weighted by atomic mass is 9.75. The molecular weight excluding hydrogens is 717 g/mol. The smallest absolute Gasteiger partial charge is 0.255 e. The zero-order valence-electron chi connectivity index (χ0n) is 31.1. The minimum Gasteiger partial charge on any atom is -0.508 e. The maximum atomic E-state index is 16.1. The van der Waals surface area contributed by atoms with E-state index in [9.17, 15) is 23.9 Å². The van der Waals surface area contributed by atoms with Crippen LogP contribution in [-0.2, 0) is 16.1 Å². The summed E-state index contributed by atoms with van der Waals surface area (Å²) in [7, 11) is 0. The van der Waals surface area contributed by atoms with Crippen molar-refractivity contribution in [2.24, 2.45) is 5.92 Å². The summed E-state index contributed by atoms with van der Waals surface area (Å²) in [5, 5.41) is 12.5. The molecule has 3 saturated heterocycles. The van der Waals surface area contributed by atoms with Crippen molar-refractivity contribution in [3.8, 4) is 11.5 Å². The number of piperazine rings is 1. The standard InChI is InChI=1S/C44H45F2N5O5/c45-31-4-1-28(2-5-31)36-26-56-40-23-33(52)7-9-35(40)42(36)29-3-10-38(37(46)22-29)50-15-13-27(14-16-50)24-48-17-19-49(20-18-48)32-6-8-34-30(21-32)25-51(44(34)55)39-11-12-41(53)47-43(39)54/h1-10,21-23,27,36,39,42,52H,11-20,24-26H2,(H,47,53,54)/t36-,39+,42?/m1/s1. The molecule has 290 valence electrons. The third-order valence-electron chi connectivity index (χ3n) is 12.5. The number of halogens is 2. The largest absolute Gasteiger partial charge is 0.508 e. The quantitative estimate of drug-likeness (QED) is 0.229. The fraction of sp³-hybridized carbons (Fsp3) is 0.386. The first-order chi connectivity index (χ1) is 27.2. The third-order valence-corrected chi connectivity index (χ3v) is 12.5. The molecule has 9 rings (SSSR count). The van der Waals surface area contributed by atoms with Crippen LogP contribution in [0.5, 0.6) is 11.5 Å². The number of anilines is 2. The summed E-state index contributed by atoms with van der Waals surface area (Å²) in [5.74, 6) is -0.616. The molecule has 0 spiro atoms. The van der Waals surface area contributed by atoms with Gasteiger partial charge in [0.2, 0.25) is 11.8 Å². The van der Waals surface area contributed by atoms with E-state index in [4.69, 9.17) is 4.74 Å². The number of phenolic OH excluding ortho intramolecular Hbond substituents is 1. The number of aromatic hydroxyl groups is 1. The van der Waals surface area contributed by atoms with Gasteiger partial charge in [-0.05, 0) is 90.4 Å². The van der Waals surface area contributed by atoms with Crippen LogP contribution in [-0.4, -0.2) is 91.1 Å². The van der Waals surface area contributed by atoms with E-state index in [1.807, 2.05) is 30.3 Å². The lowest BCUT2D eigenvalue weighted by Crippen LogP contribution is -2.52. The number of carbonyl (C=O) groups is 3. The van der Waals surface area contributed by atoms with Crippen molar-refractivity contribution < 1.29 is 33.0 Å². The maximum Gasteiger partial charge on any atom is 0.255 e. The van der Waals surface area contributed by atoms with E-state index in [2.05, 4.69) is 26.1 Å². The van der Waals surface area contributed by atoms with E-state index < -0.39 is 11.9 Å². The molecule has 3 amide bonds. The summed E-state index contributed by atoms with van der Waals surface area (Å²) in [6.45, 7) is 6.88. The molecular formula is C44H45F2N5O5. The van der Waals surface area contributed by atoms with E-state index in [0.29, 0.717) is 42.5 Å². The summed E-state index contributed by atoms with van der Waals surface area (Å²) in [5.41, 5.74) is 5.81. The van der Waals surface area contributed by atoms with Gasteiger partial charge in [0.1, 0.15) is 29.2 Å². The summed E-state index contributed by atoms with van der Waals surface area (Å²) in [4.78, 5) is 45.8. The summed E-state index contributed by atoms with van der Waals surface area (Å²) < 4.78 is 35.9. The van der Waals surface area contributed by atoms with Crippen molar-refractivity contribution in [3.05, 3.63) is 118 Å². The Morgan fingerprint density at radius 3 is 2.30 bits per heavy atom. The van der Waals surface area contributed by atoms with Gasteiger partial charge in [-0.15, -0.1) is 0 Å². The van der Waals surface area contributed by atoms with Gasteiger partial charge in [0.25, 0.3) is 5.91 Å². The topological polar surface area (TPSA) is 106 Å². The second kappa shape index (κ2) is 14.9. The van der Waals surface area contributed by atoms with Gasteiger partial charge in [-0.1, -0.05) is 24.3 Å². The molecule has 4 aromatic carbocycles. The first-order valence-electron chi connectivity index (χ1n) is 19.7. The fourth-order valence-electron chi connectivity index (χ4n) is 9.45. The third kappa shape index (κ3) is 6.95. The highest BCUT2D eigenvalue weighted by Crippen LogP contribution is 2.47. The number of carbonyl (C=O) groups excluding carboxylic acids is 3. The number of piperidine rings is 2. The molecule has 0 aromatic heterocycles. The lowest BCUT2D eigenvalue weighted by molar-refractivity contribution is -0.136. The van der Waals surface area contributed by atoms with Gasteiger partial charge >= 0.3 is 0 Å². The molecule has 12 heteroatoms.